The number of rotatable bonds is 6. The molecule has 0 bridgehead atoms. The number of anilines is 2. The van der Waals surface area contributed by atoms with Crippen LogP contribution >= 0.6 is 0 Å². The van der Waals surface area contributed by atoms with Gasteiger partial charge in [0.25, 0.3) is 0 Å². The fourth-order valence-electron chi connectivity index (χ4n) is 5.35. The lowest BCUT2D eigenvalue weighted by molar-refractivity contribution is -0.136. The van der Waals surface area contributed by atoms with Crippen LogP contribution in [0.3, 0.4) is 0 Å². The Morgan fingerprint density at radius 3 is 1.78 bits per heavy atom. The molecule has 3 aromatic carbocycles. The number of carbonyl (C=O) groups excluding carboxylic acids is 1. The van der Waals surface area contributed by atoms with Crippen molar-refractivity contribution in [3.05, 3.63) is 93.5 Å². The summed E-state index contributed by atoms with van der Waals surface area (Å²) in [6, 6.07) is 18.4. The molecule has 0 amide bonds. The van der Waals surface area contributed by atoms with E-state index in [0.29, 0.717) is 5.96 Å². The fraction of sp³-hybridized carbons (Fsp3) is 0.323. The molecule has 192 valence electrons. The van der Waals surface area contributed by atoms with Crippen molar-refractivity contribution >= 4 is 29.5 Å². The van der Waals surface area contributed by atoms with E-state index in [9.17, 15) is 4.79 Å². The Kier molecular flexibility index (Phi) is 8.07. The van der Waals surface area contributed by atoms with E-state index in [-0.39, 0.29) is 6.61 Å². The van der Waals surface area contributed by atoms with Crippen molar-refractivity contribution in [3.63, 3.8) is 0 Å². The quantitative estimate of drug-likeness (QED) is 0.227. The Hall–Kier alpha value is -3.93. The Morgan fingerprint density at radius 1 is 0.811 bits per heavy atom. The maximum Gasteiger partial charge on any atom is 0.351 e. The zero-order valence-electron chi connectivity index (χ0n) is 22.7. The summed E-state index contributed by atoms with van der Waals surface area (Å²) in [5.41, 5.74) is 10.4. The lowest BCUT2D eigenvalue weighted by Crippen LogP contribution is -2.51. The summed E-state index contributed by atoms with van der Waals surface area (Å²) in [6.07, 6.45) is 2.13. The summed E-state index contributed by atoms with van der Waals surface area (Å²) in [5.74, 6) is 0.191. The van der Waals surface area contributed by atoms with E-state index in [0.717, 1.165) is 42.7 Å². The van der Waals surface area contributed by atoms with Crippen LogP contribution in [0.1, 0.15) is 45.4 Å². The maximum absolute atomic E-state index is 12.4. The maximum atomic E-state index is 12.4. The van der Waals surface area contributed by atoms with E-state index in [1.165, 1.54) is 33.4 Å². The Morgan fingerprint density at radius 2 is 1.30 bits per heavy atom. The molecule has 0 N–H and O–H groups in total. The predicted octanol–water partition coefficient (Wildman–Crippen LogP) is 6.34. The highest BCUT2D eigenvalue weighted by Crippen LogP contribution is 2.34. The van der Waals surface area contributed by atoms with Crippen LogP contribution in [-0.4, -0.2) is 31.2 Å². The molecule has 6 nitrogen and oxygen atoms in total. The molecule has 3 aromatic rings. The van der Waals surface area contributed by atoms with Gasteiger partial charge in [0.2, 0.25) is 5.96 Å². The molecule has 1 aliphatic rings. The molecular weight excluding hydrogens is 460 g/mol. The first-order valence-corrected chi connectivity index (χ1v) is 12.8. The van der Waals surface area contributed by atoms with Gasteiger partial charge in [0.15, 0.2) is 0 Å². The van der Waals surface area contributed by atoms with E-state index >= 15 is 0 Å². The third-order valence-electron chi connectivity index (χ3n) is 6.59. The van der Waals surface area contributed by atoms with Gasteiger partial charge in [-0.15, -0.1) is 10.2 Å². The zero-order chi connectivity index (χ0) is 26.5. The highest BCUT2D eigenvalue weighted by Gasteiger charge is 2.30. The highest BCUT2D eigenvalue weighted by molar-refractivity contribution is 6.23. The molecule has 0 saturated carbocycles. The highest BCUT2D eigenvalue weighted by atomic mass is 16.5. The number of benzene rings is 3. The van der Waals surface area contributed by atoms with Crippen LogP contribution in [0.5, 0.6) is 0 Å². The number of ether oxygens (including phenoxy) is 1. The number of aryl methyl sites for hydroxylation is 6. The van der Waals surface area contributed by atoms with Crippen LogP contribution in [0.15, 0.2) is 64.8 Å². The van der Waals surface area contributed by atoms with E-state index in [1.807, 2.05) is 30.3 Å². The zero-order valence-corrected chi connectivity index (χ0v) is 22.7. The second-order valence-corrected chi connectivity index (χ2v) is 9.89. The van der Waals surface area contributed by atoms with Gasteiger partial charge >= 0.3 is 5.97 Å². The second-order valence-electron chi connectivity index (χ2n) is 9.89. The van der Waals surface area contributed by atoms with Gasteiger partial charge in [0.05, 0.1) is 0 Å². The lowest BCUT2D eigenvalue weighted by Gasteiger charge is -2.41. The first kappa shape index (κ1) is 26.1. The average molecular weight is 497 g/mol. The van der Waals surface area contributed by atoms with Crippen molar-refractivity contribution in [1.29, 1.82) is 0 Å². The predicted molar refractivity (Wildman–Crippen MR) is 153 cm³/mol. The molecule has 4 rings (SSSR count). The Balaban J connectivity index is 1.70. The molecule has 6 heteroatoms. The van der Waals surface area contributed by atoms with Crippen molar-refractivity contribution in [3.8, 4) is 0 Å². The molecule has 0 aromatic heterocycles. The minimum Gasteiger partial charge on any atom is -0.456 e. The SMILES string of the molecule is Cc1cc(C)c(N2CCCN(c3c(C)cc(C)cc3C)C2=N/N=C/C(=O)OCc2ccccc2)c(C)c1. The molecule has 0 radical (unpaired) electrons. The van der Waals surface area contributed by atoms with E-state index in [1.54, 1.807) is 0 Å². The number of esters is 1. The van der Waals surface area contributed by atoms with Crippen LogP contribution in [0, 0.1) is 41.5 Å². The third kappa shape index (κ3) is 6.08. The molecule has 0 atom stereocenters. The van der Waals surface area contributed by atoms with E-state index in [2.05, 4.69) is 85.8 Å². The number of hydrogen-bond donors (Lipinski definition) is 0. The monoisotopic (exact) mass is 496 g/mol. The average Bonchev–Trinajstić information content (AvgIpc) is 2.83. The van der Waals surface area contributed by atoms with Gasteiger partial charge in [-0.25, -0.2) is 4.79 Å². The summed E-state index contributed by atoms with van der Waals surface area (Å²) >= 11 is 0. The number of hydrogen-bond acceptors (Lipinski definition) is 4. The van der Waals surface area contributed by atoms with Crippen LogP contribution < -0.4 is 9.80 Å². The molecule has 0 aliphatic carbocycles. The van der Waals surface area contributed by atoms with Crippen molar-refractivity contribution in [1.82, 2.24) is 0 Å². The van der Waals surface area contributed by atoms with Crippen molar-refractivity contribution in [2.24, 2.45) is 10.2 Å². The normalized spacial score (nSPS) is 13.8. The minimum atomic E-state index is -0.521. The molecule has 1 fully saturated rings. The lowest BCUT2D eigenvalue weighted by atomic mass is 10.0. The number of carbonyl (C=O) groups is 1. The van der Waals surface area contributed by atoms with Gasteiger partial charge in [0, 0.05) is 24.5 Å². The van der Waals surface area contributed by atoms with Crippen LogP contribution in [0.4, 0.5) is 11.4 Å². The fourth-order valence-corrected chi connectivity index (χ4v) is 5.35. The van der Waals surface area contributed by atoms with Gasteiger partial charge in [-0.2, -0.15) is 0 Å². The molecular formula is C31H36N4O2. The standard InChI is InChI=1S/C31H36N4O2/c1-21-15-23(3)29(24(4)16-21)34-13-10-14-35(30-25(5)17-22(2)18-26(30)6)31(34)33-32-19-28(36)37-20-27-11-8-7-9-12-27/h7-9,11-12,15-19H,10,13-14,20H2,1-6H3/b32-19+. The van der Waals surface area contributed by atoms with Crippen molar-refractivity contribution in [2.75, 3.05) is 22.9 Å². The van der Waals surface area contributed by atoms with Crippen molar-refractivity contribution in [2.45, 2.75) is 54.6 Å². The van der Waals surface area contributed by atoms with Gasteiger partial charge in [-0.05, 0) is 75.8 Å². The van der Waals surface area contributed by atoms with Gasteiger partial charge in [-0.3, -0.25) is 0 Å². The molecule has 37 heavy (non-hydrogen) atoms. The molecule has 0 spiro atoms. The first-order chi connectivity index (χ1) is 17.7. The smallest absolute Gasteiger partial charge is 0.351 e. The largest absolute Gasteiger partial charge is 0.456 e. The van der Waals surface area contributed by atoms with Crippen molar-refractivity contribution < 1.29 is 9.53 Å². The minimum absolute atomic E-state index is 0.198. The summed E-state index contributed by atoms with van der Waals surface area (Å²) in [5, 5.41) is 8.86. The summed E-state index contributed by atoms with van der Waals surface area (Å²) < 4.78 is 5.36. The topological polar surface area (TPSA) is 57.5 Å². The van der Waals surface area contributed by atoms with Crippen LogP contribution in [0.2, 0.25) is 0 Å². The molecule has 1 saturated heterocycles. The summed E-state index contributed by atoms with van der Waals surface area (Å²) in [4.78, 5) is 16.9. The Labute approximate surface area is 220 Å². The second kappa shape index (κ2) is 11.4. The number of nitrogens with zero attached hydrogens (tertiary/aromatic N) is 4. The summed E-state index contributed by atoms with van der Waals surface area (Å²) in [6.45, 7) is 14.6. The molecule has 1 heterocycles. The Bertz CT molecular complexity index is 1230. The number of guanidine groups is 1. The molecule has 1 aliphatic heterocycles. The van der Waals surface area contributed by atoms with Crippen LogP contribution in [-0.2, 0) is 16.1 Å². The van der Waals surface area contributed by atoms with E-state index in [4.69, 9.17) is 4.74 Å². The van der Waals surface area contributed by atoms with Gasteiger partial charge in [0.1, 0.15) is 12.8 Å². The van der Waals surface area contributed by atoms with Gasteiger partial charge < -0.3 is 14.5 Å². The molecule has 0 unspecified atom stereocenters. The van der Waals surface area contributed by atoms with Crippen LogP contribution in [0.25, 0.3) is 0 Å². The van der Waals surface area contributed by atoms with Gasteiger partial charge in [-0.1, -0.05) is 65.7 Å². The van der Waals surface area contributed by atoms with E-state index < -0.39 is 5.97 Å². The third-order valence-corrected chi connectivity index (χ3v) is 6.59. The first-order valence-electron chi connectivity index (χ1n) is 12.8. The summed E-state index contributed by atoms with van der Waals surface area (Å²) in [7, 11) is 0.